The number of hydrogen-bond donors (Lipinski definition) is 2. The SMILES string of the molecule is Cc1cccc(COc2ccccc2CN(CC[C@H](N)C(=O)O)Cc2cccc(F)c2OCc2cccc(C)c2)c1. The molecule has 0 unspecified atom stereocenters. The first kappa shape index (κ1) is 29.8. The Morgan fingerprint density at radius 1 is 0.829 bits per heavy atom. The zero-order valence-corrected chi connectivity index (χ0v) is 23.6. The van der Waals surface area contributed by atoms with Crippen molar-refractivity contribution in [1.29, 1.82) is 0 Å². The van der Waals surface area contributed by atoms with E-state index < -0.39 is 17.8 Å². The molecule has 0 fully saturated rings. The van der Waals surface area contributed by atoms with Gasteiger partial charge in [-0.1, -0.05) is 90.0 Å². The quantitative estimate of drug-likeness (QED) is 0.187. The molecule has 0 amide bonds. The van der Waals surface area contributed by atoms with Crippen LogP contribution in [-0.4, -0.2) is 28.6 Å². The predicted molar refractivity (Wildman–Crippen MR) is 158 cm³/mol. The van der Waals surface area contributed by atoms with E-state index in [1.165, 1.54) is 6.07 Å². The van der Waals surface area contributed by atoms with Crippen LogP contribution in [0.15, 0.2) is 91.0 Å². The Hall–Kier alpha value is -4.20. The lowest BCUT2D eigenvalue weighted by Gasteiger charge is -2.26. The molecule has 0 radical (unpaired) electrons. The summed E-state index contributed by atoms with van der Waals surface area (Å²) in [4.78, 5) is 13.5. The molecule has 4 rings (SSSR count). The Kier molecular flexibility index (Phi) is 10.5. The number of nitrogens with two attached hydrogens (primary N) is 1. The highest BCUT2D eigenvalue weighted by Crippen LogP contribution is 2.28. The fourth-order valence-electron chi connectivity index (χ4n) is 4.68. The molecule has 0 aliphatic carbocycles. The lowest BCUT2D eigenvalue weighted by molar-refractivity contribution is -0.138. The number of aryl methyl sites for hydroxylation is 2. The van der Waals surface area contributed by atoms with Crippen LogP contribution >= 0.6 is 0 Å². The maximum atomic E-state index is 15.0. The number of carbonyl (C=O) groups is 1. The van der Waals surface area contributed by atoms with E-state index in [-0.39, 0.29) is 18.8 Å². The Morgan fingerprint density at radius 2 is 1.41 bits per heavy atom. The summed E-state index contributed by atoms with van der Waals surface area (Å²) < 4.78 is 27.2. The summed E-state index contributed by atoms with van der Waals surface area (Å²) in [7, 11) is 0. The maximum Gasteiger partial charge on any atom is 0.320 e. The molecule has 214 valence electrons. The number of ether oxygens (including phenoxy) is 2. The molecule has 0 saturated heterocycles. The van der Waals surface area contributed by atoms with E-state index in [9.17, 15) is 9.90 Å². The second-order valence-electron chi connectivity index (χ2n) is 10.3. The first-order valence-electron chi connectivity index (χ1n) is 13.7. The van der Waals surface area contributed by atoms with Crippen LogP contribution in [0.1, 0.15) is 39.8 Å². The minimum atomic E-state index is -1.06. The fourth-order valence-corrected chi connectivity index (χ4v) is 4.68. The monoisotopic (exact) mass is 556 g/mol. The van der Waals surface area contributed by atoms with Crippen molar-refractivity contribution in [3.63, 3.8) is 0 Å². The van der Waals surface area contributed by atoms with E-state index in [4.69, 9.17) is 15.2 Å². The zero-order valence-electron chi connectivity index (χ0n) is 23.6. The van der Waals surface area contributed by atoms with Crippen LogP contribution in [0, 0.1) is 19.7 Å². The third-order valence-electron chi connectivity index (χ3n) is 6.83. The average molecular weight is 557 g/mol. The van der Waals surface area contributed by atoms with Crippen molar-refractivity contribution in [3.8, 4) is 11.5 Å². The molecule has 41 heavy (non-hydrogen) atoms. The van der Waals surface area contributed by atoms with Crippen molar-refractivity contribution in [1.82, 2.24) is 4.90 Å². The van der Waals surface area contributed by atoms with Crippen LogP contribution in [0.25, 0.3) is 0 Å². The second-order valence-corrected chi connectivity index (χ2v) is 10.3. The van der Waals surface area contributed by atoms with Gasteiger partial charge in [0, 0.05) is 30.8 Å². The van der Waals surface area contributed by atoms with Crippen LogP contribution < -0.4 is 15.2 Å². The van der Waals surface area contributed by atoms with Crippen molar-refractivity contribution in [3.05, 3.63) is 130 Å². The number of rotatable bonds is 14. The van der Waals surface area contributed by atoms with Gasteiger partial charge in [0.05, 0.1) is 0 Å². The molecule has 4 aromatic rings. The van der Waals surface area contributed by atoms with Gasteiger partial charge in [-0.2, -0.15) is 0 Å². The highest BCUT2D eigenvalue weighted by Gasteiger charge is 2.19. The van der Waals surface area contributed by atoms with Gasteiger partial charge >= 0.3 is 5.97 Å². The highest BCUT2D eigenvalue weighted by molar-refractivity contribution is 5.73. The topological polar surface area (TPSA) is 85.0 Å². The van der Waals surface area contributed by atoms with Gasteiger partial charge in [-0.25, -0.2) is 4.39 Å². The summed E-state index contributed by atoms with van der Waals surface area (Å²) in [5, 5.41) is 9.36. The normalized spacial score (nSPS) is 11.8. The highest BCUT2D eigenvalue weighted by atomic mass is 19.1. The number of carboxylic acid groups (broad SMARTS) is 1. The molecule has 0 spiro atoms. The molecule has 0 aliphatic heterocycles. The minimum Gasteiger partial charge on any atom is -0.489 e. The summed E-state index contributed by atoms with van der Waals surface area (Å²) in [6.45, 7) is 5.86. The predicted octanol–water partition coefficient (Wildman–Crippen LogP) is 6.40. The first-order valence-corrected chi connectivity index (χ1v) is 13.7. The maximum absolute atomic E-state index is 15.0. The van der Waals surface area contributed by atoms with Crippen molar-refractivity contribution in [2.75, 3.05) is 6.54 Å². The molecule has 0 bridgehead atoms. The standard InChI is InChI=1S/C34H37FN2O4/c1-24-8-5-10-26(18-24)22-40-32-15-4-3-12-28(32)20-37(17-16-31(36)34(38)39)21-29-13-7-14-30(35)33(29)41-23-27-11-6-9-25(2)19-27/h3-15,18-19,31H,16-17,20-23,36H2,1-2H3,(H,38,39)/t31-/m0/s1. The minimum absolute atomic E-state index is 0.186. The van der Waals surface area contributed by atoms with Gasteiger partial charge < -0.3 is 20.3 Å². The van der Waals surface area contributed by atoms with E-state index in [2.05, 4.69) is 6.07 Å². The van der Waals surface area contributed by atoms with Gasteiger partial charge in [-0.3, -0.25) is 9.69 Å². The second kappa shape index (κ2) is 14.4. The van der Waals surface area contributed by atoms with E-state index in [1.807, 2.05) is 91.5 Å². The smallest absolute Gasteiger partial charge is 0.320 e. The Bertz CT molecular complexity index is 1460. The number of para-hydroxylation sites is 2. The Labute approximate surface area is 241 Å². The first-order chi connectivity index (χ1) is 19.8. The molecule has 0 aliphatic rings. The van der Waals surface area contributed by atoms with E-state index >= 15 is 4.39 Å². The molecule has 7 heteroatoms. The van der Waals surface area contributed by atoms with E-state index in [1.54, 1.807) is 6.07 Å². The number of nitrogens with zero attached hydrogens (tertiary/aromatic N) is 1. The third-order valence-corrected chi connectivity index (χ3v) is 6.83. The number of carboxylic acids is 1. The zero-order chi connectivity index (χ0) is 29.2. The summed E-state index contributed by atoms with van der Waals surface area (Å²) in [5.74, 6) is -0.582. The van der Waals surface area contributed by atoms with E-state index in [0.717, 1.165) is 33.6 Å². The van der Waals surface area contributed by atoms with Crippen LogP contribution in [0.4, 0.5) is 4.39 Å². The Balaban J connectivity index is 1.54. The van der Waals surface area contributed by atoms with Crippen LogP contribution in [-0.2, 0) is 31.1 Å². The third kappa shape index (κ3) is 8.90. The van der Waals surface area contributed by atoms with Crippen molar-refractivity contribution in [2.45, 2.75) is 52.6 Å². The van der Waals surface area contributed by atoms with Crippen LogP contribution in [0.3, 0.4) is 0 Å². The van der Waals surface area contributed by atoms with Crippen LogP contribution in [0.5, 0.6) is 11.5 Å². The van der Waals surface area contributed by atoms with Gasteiger partial charge in [0.25, 0.3) is 0 Å². The molecule has 0 aromatic heterocycles. The van der Waals surface area contributed by atoms with Crippen molar-refractivity contribution in [2.24, 2.45) is 5.73 Å². The number of benzene rings is 4. The van der Waals surface area contributed by atoms with E-state index in [0.29, 0.717) is 31.8 Å². The molecule has 6 nitrogen and oxygen atoms in total. The van der Waals surface area contributed by atoms with Gasteiger partial charge in [0.1, 0.15) is 25.0 Å². The lowest BCUT2D eigenvalue weighted by Crippen LogP contribution is -2.35. The summed E-state index contributed by atoms with van der Waals surface area (Å²) >= 11 is 0. The van der Waals surface area contributed by atoms with Gasteiger partial charge in [0.15, 0.2) is 11.6 Å². The molecule has 1 atom stereocenters. The summed E-state index contributed by atoms with van der Waals surface area (Å²) in [6.07, 6.45) is 0.233. The molecule has 0 saturated carbocycles. The summed E-state index contributed by atoms with van der Waals surface area (Å²) in [6, 6.07) is 27.7. The fraction of sp³-hybridized carbons (Fsp3) is 0.265. The largest absolute Gasteiger partial charge is 0.489 e. The molecular weight excluding hydrogens is 519 g/mol. The number of halogens is 1. The average Bonchev–Trinajstić information content (AvgIpc) is 2.95. The summed E-state index contributed by atoms with van der Waals surface area (Å²) in [5.41, 5.74) is 11.7. The lowest BCUT2D eigenvalue weighted by atomic mass is 10.1. The molecule has 4 aromatic carbocycles. The van der Waals surface area contributed by atoms with Gasteiger partial charge in [-0.15, -0.1) is 0 Å². The van der Waals surface area contributed by atoms with Crippen molar-refractivity contribution < 1.29 is 23.8 Å². The molecular formula is C34H37FN2O4. The van der Waals surface area contributed by atoms with Crippen LogP contribution in [0.2, 0.25) is 0 Å². The molecule has 3 N–H and O–H groups in total. The number of hydrogen-bond acceptors (Lipinski definition) is 5. The van der Waals surface area contributed by atoms with Gasteiger partial charge in [0.2, 0.25) is 0 Å². The Morgan fingerprint density at radius 3 is 2.07 bits per heavy atom. The van der Waals surface area contributed by atoms with Gasteiger partial charge in [-0.05, 0) is 43.5 Å². The van der Waals surface area contributed by atoms with Crippen molar-refractivity contribution >= 4 is 5.97 Å². The molecule has 0 heterocycles. The number of aliphatic carboxylic acids is 1.